The van der Waals surface area contributed by atoms with Crippen LogP contribution in [0.5, 0.6) is 11.5 Å². The van der Waals surface area contributed by atoms with Crippen molar-refractivity contribution >= 4 is 22.8 Å². The van der Waals surface area contributed by atoms with Crippen LogP contribution in [-0.4, -0.2) is 25.0 Å². The van der Waals surface area contributed by atoms with Gasteiger partial charge in [0.05, 0.1) is 19.9 Å². The van der Waals surface area contributed by atoms with Gasteiger partial charge >= 0.3 is 0 Å². The molecule has 4 rings (SSSR count). The van der Waals surface area contributed by atoms with E-state index in [0.29, 0.717) is 11.5 Å². The van der Waals surface area contributed by atoms with Crippen molar-refractivity contribution in [2.75, 3.05) is 14.2 Å². The number of methoxy groups -OCH3 is 2. The third-order valence-electron chi connectivity index (χ3n) is 4.97. The molecule has 1 heterocycles. The van der Waals surface area contributed by atoms with E-state index in [1.165, 1.54) is 10.9 Å². The van der Waals surface area contributed by atoms with Crippen molar-refractivity contribution in [2.24, 2.45) is 0 Å². The number of hydrogen-bond acceptors (Lipinski definition) is 3. The third-order valence-corrected chi connectivity index (χ3v) is 4.97. The number of allylic oxidation sites excluding steroid dienone is 1. The molecule has 1 N–H and O–H groups in total. The van der Waals surface area contributed by atoms with Gasteiger partial charge in [-0.15, -0.1) is 0 Å². The Kier molecular flexibility index (Phi) is 4.03. The van der Waals surface area contributed by atoms with Crippen LogP contribution in [-0.2, 0) is 6.42 Å². The van der Waals surface area contributed by atoms with Gasteiger partial charge in [0, 0.05) is 16.5 Å². The lowest BCUT2D eigenvalue weighted by atomic mass is 9.89. The summed E-state index contributed by atoms with van der Waals surface area (Å²) >= 11 is 0. The number of carbonyl (C=O) groups excluding carboxylic acids is 1. The second-order valence-electron chi connectivity index (χ2n) is 6.64. The number of ketones is 1. The number of aryl methyl sites for hydroxylation is 2. The normalized spacial score (nSPS) is 15.3. The molecule has 0 spiro atoms. The Morgan fingerprint density at radius 1 is 1.00 bits per heavy atom. The zero-order valence-corrected chi connectivity index (χ0v) is 15.2. The zero-order valence-electron chi connectivity index (χ0n) is 15.2. The van der Waals surface area contributed by atoms with Crippen LogP contribution in [0.1, 0.15) is 33.6 Å². The minimum Gasteiger partial charge on any atom is -0.493 e. The first-order chi connectivity index (χ1) is 12.6. The molecule has 0 fully saturated rings. The summed E-state index contributed by atoms with van der Waals surface area (Å²) in [6.45, 7) is 2.08. The summed E-state index contributed by atoms with van der Waals surface area (Å²) in [4.78, 5) is 16.3. The molecule has 0 atom stereocenters. The number of benzene rings is 2. The van der Waals surface area contributed by atoms with E-state index >= 15 is 0 Å². The summed E-state index contributed by atoms with van der Waals surface area (Å²) in [5, 5.41) is 1.17. The largest absolute Gasteiger partial charge is 0.493 e. The second-order valence-corrected chi connectivity index (χ2v) is 6.64. The molecule has 4 nitrogen and oxygen atoms in total. The monoisotopic (exact) mass is 347 g/mol. The summed E-state index contributed by atoms with van der Waals surface area (Å²) in [6.07, 6.45) is 3.55. The van der Waals surface area contributed by atoms with Crippen molar-refractivity contribution in [1.29, 1.82) is 0 Å². The van der Waals surface area contributed by atoms with Crippen LogP contribution >= 0.6 is 0 Å². The summed E-state index contributed by atoms with van der Waals surface area (Å²) in [7, 11) is 3.22. The Bertz CT molecular complexity index is 1040. The van der Waals surface area contributed by atoms with Crippen LogP contribution < -0.4 is 9.47 Å². The van der Waals surface area contributed by atoms with Crippen LogP contribution in [0.25, 0.3) is 17.0 Å². The van der Waals surface area contributed by atoms with Crippen molar-refractivity contribution < 1.29 is 14.3 Å². The predicted octanol–water partition coefficient (Wildman–Crippen LogP) is 4.71. The standard InChI is InChI=1S/C22H21NO3/c1-13-4-8-18-17(10-13)16-7-6-15(22(24)21(16)23-18)11-14-5-9-19(25-2)20(12-14)26-3/h4-5,8-12,23H,6-7H2,1-3H3. The number of fused-ring (bicyclic) bond motifs is 3. The van der Waals surface area contributed by atoms with Gasteiger partial charge in [0.25, 0.3) is 0 Å². The van der Waals surface area contributed by atoms with Gasteiger partial charge < -0.3 is 14.5 Å². The van der Waals surface area contributed by atoms with Gasteiger partial charge in [0.2, 0.25) is 5.78 Å². The van der Waals surface area contributed by atoms with Crippen LogP contribution in [0.15, 0.2) is 42.0 Å². The van der Waals surface area contributed by atoms with E-state index in [-0.39, 0.29) is 5.78 Å². The van der Waals surface area contributed by atoms with Crippen molar-refractivity contribution in [2.45, 2.75) is 19.8 Å². The van der Waals surface area contributed by atoms with E-state index in [9.17, 15) is 4.79 Å². The Hall–Kier alpha value is -3.01. The van der Waals surface area contributed by atoms with Crippen LogP contribution in [0, 0.1) is 6.92 Å². The summed E-state index contributed by atoms with van der Waals surface area (Å²) < 4.78 is 10.6. The fourth-order valence-electron chi connectivity index (χ4n) is 3.63. The van der Waals surface area contributed by atoms with Crippen LogP contribution in [0.3, 0.4) is 0 Å². The maximum Gasteiger partial charge on any atom is 0.205 e. The lowest BCUT2D eigenvalue weighted by Gasteiger charge is -2.15. The SMILES string of the molecule is COc1ccc(C=C2CCc3c([nH]c4ccc(C)cc34)C2=O)cc1OC. The first kappa shape index (κ1) is 16.5. The van der Waals surface area contributed by atoms with E-state index < -0.39 is 0 Å². The Morgan fingerprint density at radius 2 is 1.81 bits per heavy atom. The molecule has 0 radical (unpaired) electrons. The van der Waals surface area contributed by atoms with Gasteiger partial charge in [-0.1, -0.05) is 17.7 Å². The van der Waals surface area contributed by atoms with Crippen LogP contribution in [0.2, 0.25) is 0 Å². The molecule has 1 aliphatic rings. The topological polar surface area (TPSA) is 51.3 Å². The molecule has 0 saturated heterocycles. The average Bonchev–Trinajstić information content (AvgIpc) is 3.02. The predicted molar refractivity (Wildman–Crippen MR) is 103 cm³/mol. The van der Waals surface area contributed by atoms with Crippen LogP contribution in [0.4, 0.5) is 0 Å². The average molecular weight is 347 g/mol. The Morgan fingerprint density at radius 3 is 2.58 bits per heavy atom. The molecule has 1 aromatic heterocycles. The van der Waals surface area contributed by atoms with E-state index in [1.807, 2.05) is 30.3 Å². The van der Waals surface area contributed by atoms with Gasteiger partial charge in [-0.05, 0) is 61.2 Å². The highest BCUT2D eigenvalue weighted by Crippen LogP contribution is 2.34. The molecule has 26 heavy (non-hydrogen) atoms. The molecule has 1 aliphatic carbocycles. The number of aromatic nitrogens is 1. The van der Waals surface area contributed by atoms with E-state index in [1.54, 1.807) is 14.2 Å². The molecule has 0 saturated carbocycles. The van der Waals surface area contributed by atoms with Gasteiger partial charge in [-0.25, -0.2) is 0 Å². The minimum atomic E-state index is 0.0786. The third kappa shape index (κ3) is 2.68. The zero-order chi connectivity index (χ0) is 18.3. The second kappa shape index (κ2) is 6.37. The molecule has 3 aromatic rings. The van der Waals surface area contributed by atoms with Crippen molar-refractivity contribution in [3.63, 3.8) is 0 Å². The van der Waals surface area contributed by atoms with Crippen molar-refractivity contribution in [3.05, 3.63) is 64.4 Å². The number of Topliss-reactive ketones (excluding diaryl/α,β-unsaturated/α-hetero) is 1. The van der Waals surface area contributed by atoms with Crippen molar-refractivity contribution in [3.8, 4) is 11.5 Å². The fraction of sp³-hybridized carbons (Fsp3) is 0.227. The minimum absolute atomic E-state index is 0.0786. The number of nitrogens with one attached hydrogen (secondary N) is 1. The molecule has 2 aromatic carbocycles. The molecule has 0 aliphatic heterocycles. The smallest absolute Gasteiger partial charge is 0.205 e. The first-order valence-corrected chi connectivity index (χ1v) is 8.69. The van der Waals surface area contributed by atoms with Gasteiger partial charge in [0.15, 0.2) is 11.5 Å². The molecule has 0 unspecified atom stereocenters. The molecule has 4 heteroatoms. The van der Waals surface area contributed by atoms with Gasteiger partial charge in [-0.2, -0.15) is 0 Å². The van der Waals surface area contributed by atoms with Crippen molar-refractivity contribution in [1.82, 2.24) is 4.98 Å². The maximum atomic E-state index is 13.0. The summed E-state index contributed by atoms with van der Waals surface area (Å²) in [5.74, 6) is 1.42. The maximum absolute atomic E-state index is 13.0. The Labute approximate surface area is 152 Å². The number of rotatable bonds is 3. The summed E-state index contributed by atoms with van der Waals surface area (Å²) in [5.41, 5.74) is 5.84. The van der Waals surface area contributed by atoms with E-state index in [0.717, 1.165) is 40.8 Å². The van der Waals surface area contributed by atoms with Gasteiger partial charge in [-0.3, -0.25) is 4.79 Å². The number of carbonyl (C=O) groups is 1. The molecule has 132 valence electrons. The Balaban J connectivity index is 1.73. The van der Waals surface area contributed by atoms with Gasteiger partial charge in [0.1, 0.15) is 0 Å². The van der Waals surface area contributed by atoms with E-state index in [2.05, 4.69) is 24.0 Å². The molecule has 0 amide bonds. The first-order valence-electron chi connectivity index (χ1n) is 8.69. The number of hydrogen-bond donors (Lipinski definition) is 1. The lowest BCUT2D eigenvalue weighted by Crippen LogP contribution is -2.13. The number of ether oxygens (including phenoxy) is 2. The lowest BCUT2D eigenvalue weighted by molar-refractivity contribution is 0.102. The van der Waals surface area contributed by atoms with E-state index in [4.69, 9.17) is 9.47 Å². The number of aromatic amines is 1. The highest BCUT2D eigenvalue weighted by atomic mass is 16.5. The summed E-state index contributed by atoms with van der Waals surface area (Å²) in [6, 6.07) is 12.0. The molecular weight excluding hydrogens is 326 g/mol. The molecule has 0 bridgehead atoms. The number of H-pyrrole nitrogens is 1. The highest BCUT2D eigenvalue weighted by molar-refractivity contribution is 6.15. The quantitative estimate of drug-likeness (QED) is 0.698. The highest BCUT2D eigenvalue weighted by Gasteiger charge is 2.25. The fourth-order valence-corrected chi connectivity index (χ4v) is 3.63. The molecular formula is C22H21NO3.